The van der Waals surface area contributed by atoms with Crippen molar-refractivity contribution < 1.29 is 24.2 Å². The zero-order valence-corrected chi connectivity index (χ0v) is 12.2. The van der Waals surface area contributed by atoms with Gasteiger partial charge in [0, 0.05) is 14.1 Å². The number of likely N-dealkylation sites (N-methyl/N-ethyl adjacent to an activating group) is 2. The molecule has 0 aliphatic carbocycles. The molecule has 0 unspecified atom stereocenters. The average Bonchev–Trinajstić information content (AvgIpc) is 2.46. The van der Waals surface area contributed by atoms with E-state index in [1.54, 1.807) is 19.1 Å². The molecule has 114 valence electrons. The summed E-state index contributed by atoms with van der Waals surface area (Å²) < 4.78 is 4.84. The van der Waals surface area contributed by atoms with E-state index in [9.17, 15) is 19.5 Å². The van der Waals surface area contributed by atoms with E-state index < -0.39 is 18.5 Å². The second-order valence-electron chi connectivity index (χ2n) is 4.47. The van der Waals surface area contributed by atoms with Gasteiger partial charge in [-0.3, -0.25) is 9.59 Å². The summed E-state index contributed by atoms with van der Waals surface area (Å²) in [7, 11) is 2.89. The maximum Gasteiger partial charge on any atom is 0.342 e. The van der Waals surface area contributed by atoms with Crippen LogP contribution in [0.25, 0.3) is 0 Å². The number of nitrogens with one attached hydrogen (secondary N) is 1. The molecule has 7 heteroatoms. The first-order chi connectivity index (χ1) is 9.86. The highest BCUT2D eigenvalue weighted by molar-refractivity contribution is 5.94. The maximum atomic E-state index is 11.8. The summed E-state index contributed by atoms with van der Waals surface area (Å²) in [6.07, 6.45) is 0. The molecule has 0 aliphatic heterocycles. The molecule has 0 heterocycles. The lowest BCUT2D eigenvalue weighted by Gasteiger charge is -2.16. The van der Waals surface area contributed by atoms with Crippen LogP contribution in [0.4, 0.5) is 0 Å². The van der Waals surface area contributed by atoms with Gasteiger partial charge in [0.15, 0.2) is 6.61 Å². The largest absolute Gasteiger partial charge is 0.507 e. The fourth-order valence-corrected chi connectivity index (χ4v) is 1.52. The van der Waals surface area contributed by atoms with Crippen LogP contribution in [0.3, 0.4) is 0 Å². The standard InChI is InChI=1S/C14H18N2O5/c1-9-5-4-6-10(13(9)19)14(20)21-8-12(18)16(3)7-11(17)15-2/h4-6,19H,7-8H2,1-3H3,(H,15,17). The van der Waals surface area contributed by atoms with Crippen LogP contribution in [0.5, 0.6) is 5.75 Å². The van der Waals surface area contributed by atoms with Crippen molar-refractivity contribution in [3.63, 3.8) is 0 Å². The van der Waals surface area contributed by atoms with Crippen molar-refractivity contribution in [3.05, 3.63) is 29.3 Å². The molecular formula is C14H18N2O5. The Balaban J connectivity index is 2.58. The summed E-state index contributed by atoms with van der Waals surface area (Å²) in [6, 6.07) is 4.66. The van der Waals surface area contributed by atoms with Gasteiger partial charge in [0.1, 0.15) is 11.3 Å². The van der Waals surface area contributed by atoms with Crippen LogP contribution in [-0.4, -0.2) is 55.0 Å². The molecule has 21 heavy (non-hydrogen) atoms. The highest BCUT2D eigenvalue weighted by atomic mass is 16.5. The molecule has 1 rings (SSSR count). The molecule has 0 aliphatic rings. The summed E-state index contributed by atoms with van der Waals surface area (Å²) in [5, 5.41) is 12.1. The first-order valence-electron chi connectivity index (χ1n) is 6.27. The Morgan fingerprint density at radius 1 is 1.33 bits per heavy atom. The third-order valence-electron chi connectivity index (χ3n) is 2.87. The lowest BCUT2D eigenvalue weighted by atomic mass is 10.1. The van der Waals surface area contributed by atoms with Crippen LogP contribution in [-0.2, 0) is 14.3 Å². The van der Waals surface area contributed by atoms with E-state index in [-0.39, 0.29) is 23.8 Å². The Bertz CT molecular complexity index is 556. The number of phenolic OH excluding ortho intramolecular Hbond substituents is 1. The number of esters is 1. The summed E-state index contributed by atoms with van der Waals surface area (Å²) >= 11 is 0. The van der Waals surface area contributed by atoms with Crippen LogP contribution in [0, 0.1) is 6.92 Å². The van der Waals surface area contributed by atoms with Gasteiger partial charge in [-0.25, -0.2) is 4.79 Å². The summed E-state index contributed by atoms with van der Waals surface area (Å²) in [5.74, 6) is -1.81. The van der Waals surface area contributed by atoms with Crippen molar-refractivity contribution in [1.29, 1.82) is 0 Å². The molecule has 7 nitrogen and oxygen atoms in total. The molecule has 2 N–H and O–H groups in total. The Hall–Kier alpha value is -2.57. The van der Waals surface area contributed by atoms with Crippen LogP contribution in [0.1, 0.15) is 15.9 Å². The second kappa shape index (κ2) is 7.28. The summed E-state index contributed by atoms with van der Waals surface area (Å²) in [4.78, 5) is 35.7. The molecule has 1 aromatic carbocycles. The lowest BCUT2D eigenvalue weighted by molar-refractivity contribution is -0.137. The normalized spacial score (nSPS) is 9.86. The highest BCUT2D eigenvalue weighted by Crippen LogP contribution is 2.21. The molecule has 0 fully saturated rings. The number of rotatable bonds is 5. The van der Waals surface area contributed by atoms with Crippen molar-refractivity contribution in [1.82, 2.24) is 10.2 Å². The number of para-hydroxylation sites is 1. The minimum atomic E-state index is -0.794. The average molecular weight is 294 g/mol. The molecule has 0 saturated carbocycles. The molecule has 0 aromatic heterocycles. The van der Waals surface area contributed by atoms with E-state index in [0.717, 1.165) is 4.90 Å². The minimum absolute atomic E-state index is 0.00301. The van der Waals surface area contributed by atoms with Crippen LogP contribution in [0.15, 0.2) is 18.2 Å². The minimum Gasteiger partial charge on any atom is -0.507 e. The Morgan fingerprint density at radius 2 is 2.00 bits per heavy atom. The lowest BCUT2D eigenvalue weighted by Crippen LogP contribution is -2.39. The molecule has 0 spiro atoms. The van der Waals surface area contributed by atoms with Gasteiger partial charge >= 0.3 is 5.97 Å². The predicted molar refractivity (Wildman–Crippen MR) is 74.8 cm³/mol. The SMILES string of the molecule is CNC(=O)CN(C)C(=O)COC(=O)c1cccc(C)c1O. The van der Waals surface area contributed by atoms with Crippen LogP contribution >= 0.6 is 0 Å². The molecular weight excluding hydrogens is 276 g/mol. The van der Waals surface area contributed by atoms with Crippen molar-refractivity contribution in [2.45, 2.75) is 6.92 Å². The van der Waals surface area contributed by atoms with E-state index in [2.05, 4.69) is 5.32 Å². The monoisotopic (exact) mass is 294 g/mol. The van der Waals surface area contributed by atoms with Crippen molar-refractivity contribution in [2.75, 3.05) is 27.2 Å². The molecule has 0 radical (unpaired) electrons. The highest BCUT2D eigenvalue weighted by Gasteiger charge is 2.18. The number of aryl methyl sites for hydroxylation is 1. The van der Waals surface area contributed by atoms with Crippen molar-refractivity contribution in [2.24, 2.45) is 0 Å². The van der Waals surface area contributed by atoms with Gasteiger partial charge in [0.05, 0.1) is 6.54 Å². The van der Waals surface area contributed by atoms with E-state index in [0.29, 0.717) is 5.56 Å². The number of carbonyl (C=O) groups is 3. The van der Waals surface area contributed by atoms with Gasteiger partial charge in [-0.1, -0.05) is 12.1 Å². The van der Waals surface area contributed by atoms with Crippen LogP contribution < -0.4 is 5.32 Å². The summed E-state index contributed by atoms with van der Waals surface area (Å²) in [5.41, 5.74) is 0.532. The third-order valence-corrected chi connectivity index (χ3v) is 2.87. The van der Waals surface area contributed by atoms with Gasteiger partial charge in [-0.2, -0.15) is 0 Å². The van der Waals surface area contributed by atoms with Gasteiger partial charge in [0.25, 0.3) is 5.91 Å². The van der Waals surface area contributed by atoms with Crippen molar-refractivity contribution in [3.8, 4) is 5.75 Å². The number of ether oxygens (including phenoxy) is 1. The number of hydrogen-bond donors (Lipinski definition) is 2. The number of aromatic hydroxyl groups is 1. The Labute approximate surface area is 122 Å². The fourth-order valence-electron chi connectivity index (χ4n) is 1.52. The zero-order valence-electron chi connectivity index (χ0n) is 12.2. The quantitative estimate of drug-likeness (QED) is 0.749. The second-order valence-corrected chi connectivity index (χ2v) is 4.47. The Kier molecular flexibility index (Phi) is 5.71. The number of benzene rings is 1. The number of nitrogens with zero attached hydrogens (tertiary/aromatic N) is 1. The van der Waals surface area contributed by atoms with Crippen LogP contribution in [0.2, 0.25) is 0 Å². The maximum absolute atomic E-state index is 11.8. The fraction of sp³-hybridized carbons (Fsp3) is 0.357. The van der Waals surface area contributed by atoms with Gasteiger partial charge in [0.2, 0.25) is 5.91 Å². The number of amides is 2. The molecule has 0 bridgehead atoms. The number of carbonyl (C=O) groups excluding carboxylic acids is 3. The zero-order chi connectivity index (χ0) is 16.0. The number of phenols is 1. The molecule has 0 atom stereocenters. The van der Waals surface area contributed by atoms with Gasteiger partial charge in [-0.05, 0) is 18.6 Å². The first kappa shape index (κ1) is 16.5. The number of hydrogen-bond acceptors (Lipinski definition) is 5. The third kappa shape index (κ3) is 4.48. The van der Waals surface area contributed by atoms with Gasteiger partial charge in [-0.15, -0.1) is 0 Å². The smallest absolute Gasteiger partial charge is 0.342 e. The van der Waals surface area contributed by atoms with E-state index >= 15 is 0 Å². The van der Waals surface area contributed by atoms with E-state index in [1.165, 1.54) is 20.2 Å². The molecule has 0 saturated heterocycles. The Morgan fingerprint density at radius 3 is 2.62 bits per heavy atom. The van der Waals surface area contributed by atoms with Crippen molar-refractivity contribution >= 4 is 17.8 Å². The predicted octanol–water partition coefficient (Wildman–Crippen LogP) is 0.0618. The van der Waals surface area contributed by atoms with Gasteiger partial charge < -0.3 is 20.1 Å². The first-order valence-corrected chi connectivity index (χ1v) is 6.27. The van der Waals surface area contributed by atoms with E-state index in [1.807, 2.05) is 0 Å². The molecule has 1 aromatic rings. The molecule has 2 amide bonds. The van der Waals surface area contributed by atoms with E-state index in [4.69, 9.17) is 4.74 Å². The summed E-state index contributed by atoms with van der Waals surface area (Å²) in [6.45, 7) is 1.02. The topological polar surface area (TPSA) is 95.9 Å².